The third kappa shape index (κ3) is 5.37. The zero-order chi connectivity index (χ0) is 14.8. The average molecular weight is 282 g/mol. The zero-order valence-corrected chi connectivity index (χ0v) is 14.2. The maximum absolute atomic E-state index is 6.31. The molecule has 2 rings (SSSR count). The van der Waals surface area contributed by atoms with Crippen molar-refractivity contribution in [3.05, 3.63) is 0 Å². The van der Waals surface area contributed by atoms with Gasteiger partial charge in [0.2, 0.25) is 0 Å². The summed E-state index contributed by atoms with van der Waals surface area (Å²) in [5.74, 6) is 0.775. The summed E-state index contributed by atoms with van der Waals surface area (Å²) in [7, 11) is 0. The molecule has 0 aromatic heterocycles. The normalized spacial score (nSPS) is 31.9. The van der Waals surface area contributed by atoms with Gasteiger partial charge in [0, 0.05) is 13.2 Å². The molecule has 0 saturated carbocycles. The van der Waals surface area contributed by atoms with Crippen LogP contribution in [0.15, 0.2) is 0 Å². The molecule has 2 nitrogen and oxygen atoms in total. The molecule has 0 amide bonds. The van der Waals surface area contributed by atoms with Gasteiger partial charge in [-0.15, -0.1) is 0 Å². The van der Waals surface area contributed by atoms with Crippen LogP contribution in [0.3, 0.4) is 0 Å². The molecule has 0 aromatic rings. The SMILES string of the molecule is CC(C)(C)C[C@@H]1CCC(CC(C)(C)C[C@H]2CCOC2)O1. The highest BCUT2D eigenvalue weighted by Crippen LogP contribution is 2.39. The minimum absolute atomic E-state index is 0.385. The van der Waals surface area contributed by atoms with Crippen molar-refractivity contribution < 1.29 is 9.47 Å². The van der Waals surface area contributed by atoms with Crippen molar-refractivity contribution in [3.8, 4) is 0 Å². The van der Waals surface area contributed by atoms with Gasteiger partial charge in [-0.2, -0.15) is 0 Å². The Morgan fingerprint density at radius 1 is 0.850 bits per heavy atom. The molecule has 1 unspecified atom stereocenters. The lowest BCUT2D eigenvalue weighted by Crippen LogP contribution is -2.25. The van der Waals surface area contributed by atoms with Gasteiger partial charge in [-0.1, -0.05) is 34.6 Å². The van der Waals surface area contributed by atoms with E-state index in [9.17, 15) is 0 Å². The smallest absolute Gasteiger partial charge is 0.0585 e. The van der Waals surface area contributed by atoms with Crippen LogP contribution in [0.25, 0.3) is 0 Å². The molecule has 0 radical (unpaired) electrons. The second-order valence-electron chi connectivity index (χ2n) is 9.02. The van der Waals surface area contributed by atoms with Crippen molar-refractivity contribution in [2.24, 2.45) is 16.7 Å². The number of rotatable bonds is 5. The highest BCUT2D eigenvalue weighted by atomic mass is 16.5. The van der Waals surface area contributed by atoms with E-state index in [4.69, 9.17) is 9.47 Å². The lowest BCUT2D eigenvalue weighted by Gasteiger charge is -2.30. The summed E-state index contributed by atoms with van der Waals surface area (Å²) in [5.41, 5.74) is 0.774. The van der Waals surface area contributed by atoms with Gasteiger partial charge in [-0.05, 0) is 55.3 Å². The molecular weight excluding hydrogens is 248 g/mol. The second kappa shape index (κ2) is 6.36. The van der Waals surface area contributed by atoms with Crippen LogP contribution < -0.4 is 0 Å². The molecule has 0 bridgehead atoms. The molecule has 2 saturated heterocycles. The quantitative estimate of drug-likeness (QED) is 0.720. The van der Waals surface area contributed by atoms with E-state index >= 15 is 0 Å². The van der Waals surface area contributed by atoms with Crippen molar-refractivity contribution in [1.29, 1.82) is 0 Å². The van der Waals surface area contributed by atoms with Crippen LogP contribution in [0.2, 0.25) is 0 Å². The topological polar surface area (TPSA) is 18.5 Å². The van der Waals surface area contributed by atoms with Gasteiger partial charge >= 0.3 is 0 Å². The molecule has 0 aromatic carbocycles. The molecule has 2 fully saturated rings. The Morgan fingerprint density at radius 2 is 1.50 bits per heavy atom. The molecule has 2 heteroatoms. The van der Waals surface area contributed by atoms with Gasteiger partial charge in [-0.25, -0.2) is 0 Å². The zero-order valence-electron chi connectivity index (χ0n) is 14.2. The first-order valence-corrected chi connectivity index (χ1v) is 8.47. The molecule has 118 valence electrons. The minimum atomic E-state index is 0.385. The number of ether oxygens (including phenoxy) is 2. The predicted octanol–water partition coefficient (Wildman–Crippen LogP) is 4.81. The first-order valence-electron chi connectivity index (χ1n) is 8.47. The van der Waals surface area contributed by atoms with Gasteiger partial charge in [0.15, 0.2) is 0 Å². The molecule has 2 aliphatic heterocycles. The fourth-order valence-corrected chi connectivity index (χ4v) is 3.99. The Labute approximate surface area is 125 Å². The van der Waals surface area contributed by atoms with Crippen molar-refractivity contribution in [2.75, 3.05) is 13.2 Å². The molecule has 20 heavy (non-hydrogen) atoms. The van der Waals surface area contributed by atoms with Crippen LogP contribution >= 0.6 is 0 Å². The molecule has 0 aliphatic carbocycles. The van der Waals surface area contributed by atoms with Gasteiger partial charge < -0.3 is 9.47 Å². The third-order valence-corrected chi connectivity index (χ3v) is 4.68. The monoisotopic (exact) mass is 282 g/mol. The van der Waals surface area contributed by atoms with E-state index in [2.05, 4.69) is 34.6 Å². The largest absolute Gasteiger partial charge is 0.381 e. The summed E-state index contributed by atoms with van der Waals surface area (Å²) in [6.45, 7) is 13.7. The average Bonchev–Trinajstić information content (AvgIpc) is 2.87. The van der Waals surface area contributed by atoms with E-state index in [0.717, 1.165) is 19.1 Å². The molecule has 2 aliphatic rings. The molecule has 2 heterocycles. The van der Waals surface area contributed by atoms with Crippen LogP contribution in [0.4, 0.5) is 0 Å². The Morgan fingerprint density at radius 3 is 2.05 bits per heavy atom. The van der Waals surface area contributed by atoms with E-state index in [1.54, 1.807) is 0 Å². The summed E-state index contributed by atoms with van der Waals surface area (Å²) in [4.78, 5) is 0. The first kappa shape index (κ1) is 16.3. The van der Waals surface area contributed by atoms with Gasteiger partial charge in [0.25, 0.3) is 0 Å². The van der Waals surface area contributed by atoms with Gasteiger partial charge in [-0.3, -0.25) is 0 Å². The summed E-state index contributed by atoms with van der Waals surface area (Å²) in [5, 5.41) is 0. The van der Waals surface area contributed by atoms with Crippen LogP contribution in [0.1, 0.15) is 73.1 Å². The Kier molecular flexibility index (Phi) is 5.18. The van der Waals surface area contributed by atoms with Crippen LogP contribution in [-0.4, -0.2) is 25.4 Å². The maximum Gasteiger partial charge on any atom is 0.0585 e. The van der Waals surface area contributed by atoms with Crippen molar-refractivity contribution >= 4 is 0 Å². The Balaban J connectivity index is 1.75. The van der Waals surface area contributed by atoms with E-state index < -0.39 is 0 Å². The molecule has 0 N–H and O–H groups in total. The number of hydrogen-bond acceptors (Lipinski definition) is 2. The minimum Gasteiger partial charge on any atom is -0.381 e. The fourth-order valence-electron chi connectivity index (χ4n) is 3.99. The lowest BCUT2D eigenvalue weighted by atomic mass is 9.78. The maximum atomic E-state index is 6.31. The van der Waals surface area contributed by atoms with E-state index in [1.807, 2.05) is 0 Å². The summed E-state index contributed by atoms with van der Waals surface area (Å²) in [6, 6.07) is 0. The molecular formula is C18H34O2. The van der Waals surface area contributed by atoms with Crippen LogP contribution in [0, 0.1) is 16.7 Å². The van der Waals surface area contributed by atoms with Gasteiger partial charge in [0.05, 0.1) is 12.2 Å². The highest BCUT2D eigenvalue weighted by molar-refractivity contribution is 4.84. The van der Waals surface area contributed by atoms with Crippen molar-refractivity contribution in [1.82, 2.24) is 0 Å². The Hall–Kier alpha value is -0.0800. The standard InChI is InChI=1S/C18H34O2/c1-17(2,3)11-15-6-7-16(20-15)12-18(4,5)10-14-8-9-19-13-14/h14-16H,6-13H2,1-5H3/t14-,15+,16?/m1/s1. The molecule has 3 atom stereocenters. The predicted molar refractivity (Wildman–Crippen MR) is 83.9 cm³/mol. The van der Waals surface area contributed by atoms with E-state index in [-0.39, 0.29) is 0 Å². The lowest BCUT2D eigenvalue weighted by molar-refractivity contribution is -0.00125. The van der Waals surface area contributed by atoms with Crippen molar-refractivity contribution in [3.63, 3.8) is 0 Å². The second-order valence-corrected chi connectivity index (χ2v) is 9.02. The fraction of sp³-hybridized carbons (Fsp3) is 1.00. The summed E-state index contributed by atoms with van der Waals surface area (Å²) >= 11 is 0. The number of hydrogen-bond donors (Lipinski definition) is 0. The summed E-state index contributed by atoms with van der Waals surface area (Å²) < 4.78 is 11.8. The van der Waals surface area contributed by atoms with Crippen molar-refractivity contribution in [2.45, 2.75) is 85.4 Å². The van der Waals surface area contributed by atoms with Crippen LogP contribution in [0.5, 0.6) is 0 Å². The first-order chi connectivity index (χ1) is 9.23. The molecule has 0 spiro atoms. The Bertz CT molecular complexity index is 297. The van der Waals surface area contributed by atoms with Gasteiger partial charge in [0.1, 0.15) is 0 Å². The van der Waals surface area contributed by atoms with Crippen LogP contribution in [-0.2, 0) is 9.47 Å². The third-order valence-electron chi connectivity index (χ3n) is 4.68. The highest BCUT2D eigenvalue weighted by Gasteiger charge is 2.34. The summed E-state index contributed by atoms with van der Waals surface area (Å²) in [6.07, 6.45) is 8.43. The van der Waals surface area contributed by atoms with E-state index in [0.29, 0.717) is 23.0 Å². The van der Waals surface area contributed by atoms with E-state index in [1.165, 1.54) is 38.5 Å².